The number of para-hydroxylation sites is 1. The third-order valence-electron chi connectivity index (χ3n) is 3.97. The van der Waals surface area contributed by atoms with Crippen molar-refractivity contribution in [3.05, 3.63) is 53.8 Å². The Bertz CT molecular complexity index is 783. The van der Waals surface area contributed by atoms with Crippen LogP contribution < -0.4 is 20.1 Å². The molecule has 0 bridgehead atoms. The molecule has 28 heavy (non-hydrogen) atoms. The number of phenols is 1. The van der Waals surface area contributed by atoms with Crippen LogP contribution in [0.2, 0.25) is 0 Å². The molecule has 0 aliphatic carbocycles. The third-order valence-corrected chi connectivity index (χ3v) is 3.97. The number of benzene rings is 2. The van der Waals surface area contributed by atoms with Crippen molar-refractivity contribution < 1.29 is 19.0 Å². The number of guanidine groups is 1. The number of phenolic OH excluding ortho intramolecular Hbond substituents is 1. The summed E-state index contributed by atoms with van der Waals surface area (Å²) in [5.74, 6) is 1.42. The number of hydrogen-bond donors (Lipinski definition) is 3. The Hall–Kier alpha value is -2.96. The second-order valence-electron chi connectivity index (χ2n) is 6.25. The van der Waals surface area contributed by atoms with Crippen LogP contribution in [0.1, 0.15) is 19.4 Å². The molecule has 3 N–H and O–H groups in total. The number of aliphatic imine (C=N–C) groups is 1. The van der Waals surface area contributed by atoms with Crippen LogP contribution in [0, 0.1) is 5.82 Å². The average Bonchev–Trinajstić information content (AvgIpc) is 2.67. The Labute approximate surface area is 165 Å². The highest BCUT2D eigenvalue weighted by molar-refractivity contribution is 5.79. The van der Waals surface area contributed by atoms with Gasteiger partial charge in [0.05, 0.1) is 13.7 Å². The van der Waals surface area contributed by atoms with Crippen LogP contribution in [0.3, 0.4) is 0 Å². The number of aromatic hydroxyl groups is 1. The van der Waals surface area contributed by atoms with Gasteiger partial charge in [-0.05, 0) is 44.0 Å². The van der Waals surface area contributed by atoms with E-state index >= 15 is 0 Å². The molecular weight excluding hydrogens is 361 g/mol. The summed E-state index contributed by atoms with van der Waals surface area (Å²) in [5, 5.41) is 16.6. The summed E-state index contributed by atoms with van der Waals surface area (Å²) in [6.45, 7) is 5.58. The van der Waals surface area contributed by atoms with Gasteiger partial charge < -0.3 is 25.2 Å². The van der Waals surface area contributed by atoms with Crippen molar-refractivity contribution in [1.82, 2.24) is 10.6 Å². The maximum Gasteiger partial charge on any atom is 0.191 e. The minimum absolute atomic E-state index is 0.158. The molecule has 1 unspecified atom stereocenters. The van der Waals surface area contributed by atoms with Gasteiger partial charge in [0.15, 0.2) is 17.5 Å². The number of nitrogens with one attached hydrogen (secondary N) is 2. The lowest BCUT2D eigenvalue weighted by Gasteiger charge is -2.15. The van der Waals surface area contributed by atoms with Gasteiger partial charge in [-0.25, -0.2) is 9.38 Å². The molecule has 0 saturated carbocycles. The monoisotopic (exact) mass is 389 g/mol. The number of halogens is 1. The first-order valence-corrected chi connectivity index (χ1v) is 9.32. The Morgan fingerprint density at radius 3 is 2.71 bits per heavy atom. The van der Waals surface area contributed by atoms with E-state index in [0.29, 0.717) is 37.0 Å². The van der Waals surface area contributed by atoms with Gasteiger partial charge >= 0.3 is 0 Å². The highest BCUT2D eigenvalue weighted by Crippen LogP contribution is 2.29. The highest BCUT2D eigenvalue weighted by atomic mass is 19.1. The predicted octanol–water partition coefficient (Wildman–Crippen LogP) is 3.11. The van der Waals surface area contributed by atoms with E-state index in [0.717, 1.165) is 12.1 Å². The quantitative estimate of drug-likeness (QED) is 0.454. The van der Waals surface area contributed by atoms with E-state index in [4.69, 9.17) is 9.47 Å². The van der Waals surface area contributed by atoms with Crippen molar-refractivity contribution >= 4 is 5.96 Å². The fourth-order valence-electron chi connectivity index (χ4n) is 2.62. The van der Waals surface area contributed by atoms with Gasteiger partial charge in [-0.1, -0.05) is 18.2 Å². The van der Waals surface area contributed by atoms with Gasteiger partial charge in [-0.15, -0.1) is 0 Å². The van der Waals surface area contributed by atoms with E-state index in [2.05, 4.69) is 15.6 Å². The second kappa shape index (κ2) is 11.0. The van der Waals surface area contributed by atoms with Gasteiger partial charge in [-0.2, -0.15) is 0 Å². The number of methoxy groups -OCH3 is 1. The summed E-state index contributed by atoms with van der Waals surface area (Å²) >= 11 is 0. The van der Waals surface area contributed by atoms with Gasteiger partial charge in [0.2, 0.25) is 0 Å². The van der Waals surface area contributed by atoms with Crippen LogP contribution in [0.5, 0.6) is 17.2 Å². The summed E-state index contributed by atoms with van der Waals surface area (Å²) < 4.78 is 24.1. The van der Waals surface area contributed by atoms with Gasteiger partial charge in [-0.3, -0.25) is 0 Å². The molecule has 0 amide bonds. The summed E-state index contributed by atoms with van der Waals surface area (Å²) in [7, 11) is 1.53. The molecule has 0 aromatic heterocycles. The molecule has 0 heterocycles. The third kappa shape index (κ3) is 6.64. The van der Waals surface area contributed by atoms with Crippen LogP contribution in [0.15, 0.2) is 47.5 Å². The molecule has 1 atom stereocenters. The van der Waals surface area contributed by atoms with E-state index in [-0.39, 0.29) is 17.7 Å². The zero-order chi connectivity index (χ0) is 20.4. The van der Waals surface area contributed by atoms with Crippen molar-refractivity contribution in [3.63, 3.8) is 0 Å². The fraction of sp³-hybridized carbons (Fsp3) is 0.381. The molecule has 7 heteroatoms. The van der Waals surface area contributed by atoms with Crippen molar-refractivity contribution in [2.45, 2.75) is 26.4 Å². The van der Waals surface area contributed by atoms with E-state index in [1.807, 2.05) is 26.0 Å². The predicted molar refractivity (Wildman–Crippen MR) is 109 cm³/mol. The minimum atomic E-state index is -0.330. The molecule has 2 aromatic rings. The van der Waals surface area contributed by atoms with E-state index in [1.165, 1.54) is 19.2 Å². The van der Waals surface area contributed by atoms with Crippen molar-refractivity contribution in [1.29, 1.82) is 0 Å². The number of rotatable bonds is 9. The first kappa shape index (κ1) is 21.3. The summed E-state index contributed by atoms with van der Waals surface area (Å²) in [6, 6.07) is 11.5. The molecule has 152 valence electrons. The van der Waals surface area contributed by atoms with E-state index in [9.17, 15) is 9.50 Å². The van der Waals surface area contributed by atoms with Crippen LogP contribution >= 0.6 is 0 Å². The van der Waals surface area contributed by atoms with Crippen molar-refractivity contribution in [2.75, 3.05) is 26.7 Å². The lowest BCUT2D eigenvalue weighted by molar-refractivity contribution is 0.229. The Morgan fingerprint density at radius 1 is 1.21 bits per heavy atom. The Morgan fingerprint density at radius 2 is 2.00 bits per heavy atom. The molecule has 6 nitrogen and oxygen atoms in total. The van der Waals surface area contributed by atoms with Gasteiger partial charge in [0.25, 0.3) is 0 Å². The SMILES string of the molecule is CCNC(=NCC(C)Oc1cccc(F)c1)NCCc1cccc(OC)c1O. The zero-order valence-corrected chi connectivity index (χ0v) is 16.5. The fourth-order valence-corrected chi connectivity index (χ4v) is 2.62. The smallest absolute Gasteiger partial charge is 0.191 e. The molecule has 0 saturated heterocycles. The second-order valence-corrected chi connectivity index (χ2v) is 6.25. The Balaban J connectivity index is 1.88. The number of ether oxygens (including phenoxy) is 2. The van der Waals surface area contributed by atoms with Crippen LogP contribution in [-0.2, 0) is 6.42 Å². The van der Waals surface area contributed by atoms with Crippen LogP contribution in [0.4, 0.5) is 4.39 Å². The number of nitrogens with zero attached hydrogens (tertiary/aromatic N) is 1. The standard InChI is InChI=1S/C21H28FN3O3/c1-4-23-21(24-12-11-16-7-5-10-19(27-3)20(16)26)25-14-15(2)28-18-9-6-8-17(22)13-18/h5-10,13,15,26H,4,11-12,14H2,1-3H3,(H2,23,24,25). The minimum Gasteiger partial charge on any atom is -0.504 e. The highest BCUT2D eigenvalue weighted by Gasteiger charge is 2.08. The first-order chi connectivity index (χ1) is 13.5. The molecule has 2 rings (SSSR count). The maximum absolute atomic E-state index is 13.2. The summed E-state index contributed by atoms with van der Waals surface area (Å²) in [6.07, 6.45) is 0.405. The first-order valence-electron chi connectivity index (χ1n) is 9.32. The molecule has 0 fully saturated rings. The zero-order valence-electron chi connectivity index (χ0n) is 16.5. The lowest BCUT2D eigenvalue weighted by atomic mass is 10.1. The Kier molecular flexibility index (Phi) is 8.39. The van der Waals surface area contributed by atoms with Gasteiger partial charge in [0, 0.05) is 19.2 Å². The number of hydrogen-bond acceptors (Lipinski definition) is 4. The summed E-state index contributed by atoms with van der Waals surface area (Å²) in [4.78, 5) is 4.51. The lowest BCUT2D eigenvalue weighted by Crippen LogP contribution is -2.39. The molecule has 0 spiro atoms. The summed E-state index contributed by atoms with van der Waals surface area (Å²) in [5.41, 5.74) is 0.797. The normalized spacial score (nSPS) is 12.4. The topological polar surface area (TPSA) is 75.1 Å². The van der Waals surface area contributed by atoms with E-state index < -0.39 is 0 Å². The van der Waals surface area contributed by atoms with Gasteiger partial charge in [0.1, 0.15) is 17.7 Å². The molecule has 0 radical (unpaired) electrons. The van der Waals surface area contributed by atoms with Crippen LogP contribution in [-0.4, -0.2) is 43.9 Å². The molecule has 0 aliphatic rings. The molecular formula is C21H28FN3O3. The molecule has 2 aromatic carbocycles. The average molecular weight is 389 g/mol. The van der Waals surface area contributed by atoms with Crippen molar-refractivity contribution in [2.24, 2.45) is 4.99 Å². The van der Waals surface area contributed by atoms with E-state index in [1.54, 1.807) is 18.2 Å². The van der Waals surface area contributed by atoms with Crippen molar-refractivity contribution in [3.8, 4) is 17.2 Å². The van der Waals surface area contributed by atoms with Crippen LogP contribution in [0.25, 0.3) is 0 Å². The maximum atomic E-state index is 13.2. The largest absolute Gasteiger partial charge is 0.504 e. The molecule has 0 aliphatic heterocycles.